The fourth-order valence-electron chi connectivity index (χ4n) is 7.23. The molecule has 7 rings (SSSR count). The zero-order valence-electron chi connectivity index (χ0n) is 25.5. The number of rotatable bonds is 8. The molecule has 0 unspecified atom stereocenters. The summed E-state index contributed by atoms with van der Waals surface area (Å²) in [6.45, 7) is 3.43. The van der Waals surface area contributed by atoms with Crippen LogP contribution in [0.25, 0.3) is 10.8 Å². The van der Waals surface area contributed by atoms with Gasteiger partial charge in [-0.2, -0.15) is 0 Å². The summed E-state index contributed by atoms with van der Waals surface area (Å²) in [7, 11) is 0. The molecule has 3 aliphatic rings. The van der Waals surface area contributed by atoms with Crippen molar-refractivity contribution in [2.45, 2.75) is 64.5 Å². The SMILES string of the molecule is CCOc1cc(C2C3=C(CCCC3=O)N(Cc3ccccc3)C3=C2C(=O)CCC3)cc(Br)c1OCc1cccc2ccccc12. The van der Waals surface area contributed by atoms with E-state index in [1.807, 2.05) is 55.5 Å². The number of benzene rings is 4. The van der Waals surface area contributed by atoms with Gasteiger partial charge in [0, 0.05) is 47.8 Å². The molecular formula is C39H36BrNO4. The number of hydrogen-bond acceptors (Lipinski definition) is 5. The molecule has 2 aliphatic carbocycles. The Morgan fingerprint density at radius 1 is 0.778 bits per heavy atom. The third-order valence-corrected chi connectivity index (χ3v) is 9.78. The first kappa shape index (κ1) is 29.5. The number of Topliss-reactive ketones (excluding diaryl/α,β-unsaturated/α-hetero) is 2. The maximum atomic E-state index is 13.8. The zero-order chi connectivity index (χ0) is 30.9. The van der Waals surface area contributed by atoms with Gasteiger partial charge in [-0.15, -0.1) is 0 Å². The summed E-state index contributed by atoms with van der Waals surface area (Å²) in [5.41, 5.74) is 6.81. The van der Waals surface area contributed by atoms with Crippen molar-refractivity contribution < 1.29 is 19.1 Å². The van der Waals surface area contributed by atoms with Crippen LogP contribution >= 0.6 is 15.9 Å². The van der Waals surface area contributed by atoms with Gasteiger partial charge in [-0.05, 0) is 88.1 Å². The summed E-state index contributed by atoms with van der Waals surface area (Å²) in [5.74, 6) is 1.06. The normalized spacial score (nSPS) is 17.1. The molecule has 0 aromatic heterocycles. The van der Waals surface area contributed by atoms with Gasteiger partial charge in [-0.1, -0.05) is 72.8 Å². The number of carbonyl (C=O) groups excluding carboxylic acids is 2. The number of allylic oxidation sites excluding steroid dienone is 4. The van der Waals surface area contributed by atoms with Gasteiger partial charge in [0.05, 0.1) is 11.1 Å². The van der Waals surface area contributed by atoms with Crippen molar-refractivity contribution in [2.24, 2.45) is 0 Å². The molecule has 0 atom stereocenters. The van der Waals surface area contributed by atoms with E-state index in [-0.39, 0.29) is 11.6 Å². The minimum Gasteiger partial charge on any atom is -0.490 e. The lowest BCUT2D eigenvalue weighted by Gasteiger charge is -2.44. The highest BCUT2D eigenvalue weighted by molar-refractivity contribution is 9.10. The molecule has 228 valence electrons. The van der Waals surface area contributed by atoms with Crippen molar-refractivity contribution in [1.82, 2.24) is 4.90 Å². The molecule has 1 aliphatic heterocycles. The first-order valence-electron chi connectivity index (χ1n) is 15.9. The highest BCUT2D eigenvalue weighted by atomic mass is 79.9. The van der Waals surface area contributed by atoms with E-state index in [1.165, 1.54) is 10.9 Å². The van der Waals surface area contributed by atoms with Crippen LogP contribution in [0, 0.1) is 0 Å². The van der Waals surface area contributed by atoms with Gasteiger partial charge in [0.25, 0.3) is 0 Å². The van der Waals surface area contributed by atoms with Crippen LogP contribution in [0.4, 0.5) is 0 Å². The minimum absolute atomic E-state index is 0.134. The number of ketones is 2. The van der Waals surface area contributed by atoms with Gasteiger partial charge in [0.15, 0.2) is 23.1 Å². The van der Waals surface area contributed by atoms with Crippen LogP contribution in [0.2, 0.25) is 0 Å². The fraction of sp³-hybridized carbons (Fsp3) is 0.282. The predicted octanol–water partition coefficient (Wildman–Crippen LogP) is 9.19. The van der Waals surface area contributed by atoms with Crippen LogP contribution in [0.5, 0.6) is 11.5 Å². The summed E-state index contributed by atoms with van der Waals surface area (Å²) in [5, 5.41) is 2.32. The van der Waals surface area contributed by atoms with E-state index in [0.29, 0.717) is 44.1 Å². The third-order valence-electron chi connectivity index (χ3n) is 9.19. The molecule has 0 N–H and O–H groups in total. The summed E-state index contributed by atoms with van der Waals surface area (Å²) < 4.78 is 13.4. The number of fused-ring (bicyclic) bond motifs is 1. The first-order valence-corrected chi connectivity index (χ1v) is 16.7. The molecule has 0 saturated carbocycles. The topological polar surface area (TPSA) is 55.8 Å². The molecule has 5 nitrogen and oxygen atoms in total. The Bertz CT molecular complexity index is 1810. The Morgan fingerprint density at radius 3 is 2.16 bits per heavy atom. The molecule has 4 aromatic carbocycles. The Labute approximate surface area is 272 Å². The Hall–Kier alpha value is -4.16. The van der Waals surface area contributed by atoms with Crippen LogP contribution in [-0.4, -0.2) is 23.1 Å². The summed E-state index contributed by atoms with van der Waals surface area (Å²) >= 11 is 3.80. The molecule has 6 heteroatoms. The van der Waals surface area contributed by atoms with Gasteiger partial charge in [-0.3, -0.25) is 9.59 Å². The lowest BCUT2D eigenvalue weighted by atomic mass is 9.71. The van der Waals surface area contributed by atoms with E-state index in [9.17, 15) is 9.59 Å². The number of halogens is 1. The molecule has 0 saturated heterocycles. The Morgan fingerprint density at radius 2 is 1.44 bits per heavy atom. The monoisotopic (exact) mass is 661 g/mol. The molecule has 0 radical (unpaired) electrons. The van der Waals surface area contributed by atoms with Crippen molar-refractivity contribution in [2.75, 3.05) is 6.61 Å². The highest BCUT2D eigenvalue weighted by Gasteiger charge is 2.43. The second-order valence-electron chi connectivity index (χ2n) is 12.0. The predicted molar refractivity (Wildman–Crippen MR) is 180 cm³/mol. The summed E-state index contributed by atoms with van der Waals surface area (Å²) in [4.78, 5) is 30.0. The van der Waals surface area contributed by atoms with Gasteiger partial charge in [0.2, 0.25) is 0 Å². The van der Waals surface area contributed by atoms with Gasteiger partial charge in [0.1, 0.15) is 6.61 Å². The molecule has 0 spiro atoms. The quantitative estimate of drug-likeness (QED) is 0.188. The second-order valence-corrected chi connectivity index (χ2v) is 12.8. The largest absolute Gasteiger partial charge is 0.490 e. The van der Waals surface area contributed by atoms with Crippen LogP contribution in [0.3, 0.4) is 0 Å². The smallest absolute Gasteiger partial charge is 0.175 e. The van der Waals surface area contributed by atoms with E-state index in [4.69, 9.17) is 9.47 Å². The van der Waals surface area contributed by atoms with Gasteiger partial charge >= 0.3 is 0 Å². The van der Waals surface area contributed by atoms with Crippen molar-refractivity contribution in [3.63, 3.8) is 0 Å². The van der Waals surface area contributed by atoms with Crippen molar-refractivity contribution in [3.05, 3.63) is 129 Å². The van der Waals surface area contributed by atoms with E-state index < -0.39 is 5.92 Å². The van der Waals surface area contributed by atoms with Gasteiger partial charge < -0.3 is 14.4 Å². The Kier molecular flexibility index (Phi) is 8.33. The molecule has 45 heavy (non-hydrogen) atoms. The fourth-order valence-corrected chi connectivity index (χ4v) is 7.81. The van der Waals surface area contributed by atoms with E-state index in [1.54, 1.807) is 0 Å². The average molecular weight is 663 g/mol. The highest BCUT2D eigenvalue weighted by Crippen LogP contribution is 2.51. The molecule has 4 aromatic rings. The van der Waals surface area contributed by atoms with Crippen LogP contribution in [0.15, 0.2) is 112 Å². The van der Waals surface area contributed by atoms with E-state index >= 15 is 0 Å². The lowest BCUT2D eigenvalue weighted by molar-refractivity contribution is -0.117. The minimum atomic E-state index is -0.426. The molecule has 0 fully saturated rings. The maximum Gasteiger partial charge on any atom is 0.175 e. The van der Waals surface area contributed by atoms with Gasteiger partial charge in [-0.25, -0.2) is 0 Å². The van der Waals surface area contributed by atoms with E-state index in [2.05, 4.69) is 57.2 Å². The number of ether oxygens (including phenoxy) is 2. The second kappa shape index (κ2) is 12.7. The molecule has 1 heterocycles. The average Bonchev–Trinajstić information content (AvgIpc) is 3.05. The number of carbonyl (C=O) groups is 2. The van der Waals surface area contributed by atoms with Crippen LogP contribution in [-0.2, 0) is 22.7 Å². The van der Waals surface area contributed by atoms with Crippen molar-refractivity contribution >= 4 is 38.3 Å². The molecular weight excluding hydrogens is 626 g/mol. The number of nitrogens with zero attached hydrogens (tertiary/aromatic N) is 1. The Balaban J connectivity index is 1.31. The standard InChI is InChI=1S/C39H36BrNO4/c1-2-44-35-22-28(21-30(40)39(35)45-24-27-15-8-14-26-13-6-7-16-29(26)27)36-37-31(17-9-19-33(37)42)41(23-25-11-4-3-5-12-25)32-18-10-20-34(43)38(32)36/h3-8,11-16,21-22,36H,2,9-10,17-20,23-24H2,1H3. The molecule has 0 bridgehead atoms. The first-order chi connectivity index (χ1) is 22.0. The van der Waals surface area contributed by atoms with Crippen molar-refractivity contribution in [3.8, 4) is 11.5 Å². The van der Waals surface area contributed by atoms with E-state index in [0.717, 1.165) is 69.2 Å². The summed E-state index contributed by atoms with van der Waals surface area (Å²) in [6.07, 6.45) is 4.28. The zero-order valence-corrected chi connectivity index (χ0v) is 27.1. The maximum absolute atomic E-state index is 13.8. The number of hydrogen-bond donors (Lipinski definition) is 0. The summed E-state index contributed by atoms with van der Waals surface area (Å²) in [6, 6.07) is 28.9. The van der Waals surface area contributed by atoms with Crippen LogP contribution in [0.1, 0.15) is 68.1 Å². The molecule has 0 amide bonds. The van der Waals surface area contributed by atoms with Crippen LogP contribution < -0.4 is 9.47 Å². The third kappa shape index (κ3) is 5.61. The lowest BCUT2D eigenvalue weighted by Crippen LogP contribution is -2.38. The van der Waals surface area contributed by atoms with Crippen molar-refractivity contribution in [1.29, 1.82) is 0 Å².